The van der Waals surface area contributed by atoms with E-state index in [4.69, 9.17) is 0 Å². The molecule has 0 bridgehead atoms. The molecule has 1 aromatic carbocycles. The highest BCUT2D eigenvalue weighted by Gasteiger charge is 2.30. The van der Waals surface area contributed by atoms with Crippen molar-refractivity contribution in [3.8, 4) is 0 Å². The highest BCUT2D eigenvalue weighted by Crippen LogP contribution is 2.29. The van der Waals surface area contributed by atoms with Crippen LogP contribution in [0, 0.1) is 0 Å². The predicted molar refractivity (Wildman–Crippen MR) is 69.1 cm³/mol. The van der Waals surface area contributed by atoms with Gasteiger partial charge in [-0.2, -0.15) is 13.2 Å². The number of carbonyl (C=O) groups excluding carboxylic acids is 1. The molecule has 9 heteroatoms. The quantitative estimate of drug-likeness (QED) is 0.885. The van der Waals surface area contributed by atoms with Crippen molar-refractivity contribution in [1.29, 1.82) is 0 Å². The van der Waals surface area contributed by atoms with E-state index in [-0.39, 0.29) is 30.2 Å². The molecule has 5 nitrogen and oxygen atoms in total. The number of nitrogens with zero attached hydrogens (tertiary/aromatic N) is 1. The maximum atomic E-state index is 12.4. The van der Waals surface area contributed by atoms with Gasteiger partial charge < -0.3 is 0 Å². The molecule has 21 heavy (non-hydrogen) atoms. The molecule has 0 unspecified atom stereocenters. The fraction of sp³-hybridized carbons (Fsp3) is 0.417. The Bertz CT molecular complexity index is 612. The summed E-state index contributed by atoms with van der Waals surface area (Å²) in [6, 6.07) is 3.82. The summed E-state index contributed by atoms with van der Waals surface area (Å²) in [4.78, 5) is 11.9. The summed E-state index contributed by atoms with van der Waals surface area (Å²) in [5.41, 5.74) is 1.73. The number of hydrogen-bond acceptors (Lipinski definition) is 4. The van der Waals surface area contributed by atoms with Crippen molar-refractivity contribution in [3.63, 3.8) is 0 Å². The zero-order valence-electron chi connectivity index (χ0n) is 10.9. The minimum Gasteiger partial charge on any atom is -0.285 e. The molecule has 1 amide bonds. The fourth-order valence-corrected chi connectivity index (χ4v) is 3.04. The summed E-state index contributed by atoms with van der Waals surface area (Å²) in [7, 11) is -3.06. The van der Waals surface area contributed by atoms with E-state index in [0.717, 1.165) is 24.3 Å². The minimum atomic E-state index is -4.45. The minimum absolute atomic E-state index is 0.0553. The van der Waals surface area contributed by atoms with Gasteiger partial charge >= 0.3 is 6.18 Å². The summed E-state index contributed by atoms with van der Waals surface area (Å²) in [5, 5.41) is 1.45. The fourth-order valence-electron chi connectivity index (χ4n) is 1.84. The van der Waals surface area contributed by atoms with Gasteiger partial charge in [0.05, 0.1) is 17.1 Å². The molecule has 1 aliphatic heterocycles. The van der Waals surface area contributed by atoms with E-state index >= 15 is 0 Å². The Morgan fingerprint density at radius 2 is 1.62 bits per heavy atom. The monoisotopic (exact) mass is 322 g/mol. The van der Waals surface area contributed by atoms with Crippen LogP contribution in [0.5, 0.6) is 0 Å². The zero-order valence-corrected chi connectivity index (χ0v) is 11.7. The van der Waals surface area contributed by atoms with Gasteiger partial charge in [-0.05, 0) is 24.3 Å². The Kier molecular flexibility index (Phi) is 4.24. The van der Waals surface area contributed by atoms with Crippen molar-refractivity contribution in [1.82, 2.24) is 10.4 Å². The van der Waals surface area contributed by atoms with Gasteiger partial charge in [-0.15, -0.1) is 0 Å². The molecule has 1 saturated heterocycles. The number of rotatable bonds is 2. The Hall–Kier alpha value is -1.61. The molecule has 0 spiro atoms. The SMILES string of the molecule is O=C(NN1CCS(=O)(=O)CC1)c1ccc(C(F)(F)F)cc1. The lowest BCUT2D eigenvalue weighted by Crippen LogP contribution is -2.50. The number of alkyl halides is 3. The van der Waals surface area contributed by atoms with Crippen LogP contribution >= 0.6 is 0 Å². The summed E-state index contributed by atoms with van der Waals surface area (Å²) >= 11 is 0. The highest BCUT2D eigenvalue weighted by molar-refractivity contribution is 7.91. The first-order valence-electron chi connectivity index (χ1n) is 6.11. The van der Waals surface area contributed by atoms with Gasteiger partial charge in [-0.3, -0.25) is 10.2 Å². The highest BCUT2D eigenvalue weighted by atomic mass is 32.2. The number of carbonyl (C=O) groups is 1. The van der Waals surface area contributed by atoms with Crippen LogP contribution in [0.2, 0.25) is 0 Å². The van der Waals surface area contributed by atoms with Crippen LogP contribution in [0.4, 0.5) is 13.2 Å². The average molecular weight is 322 g/mol. The number of benzene rings is 1. The van der Waals surface area contributed by atoms with Gasteiger partial charge in [0, 0.05) is 18.7 Å². The topological polar surface area (TPSA) is 66.5 Å². The van der Waals surface area contributed by atoms with Crippen molar-refractivity contribution in [3.05, 3.63) is 35.4 Å². The molecular weight excluding hydrogens is 309 g/mol. The number of hydrazine groups is 1. The van der Waals surface area contributed by atoms with Gasteiger partial charge in [0.1, 0.15) is 0 Å². The smallest absolute Gasteiger partial charge is 0.285 e. The van der Waals surface area contributed by atoms with Gasteiger partial charge in [-0.25, -0.2) is 13.4 Å². The van der Waals surface area contributed by atoms with Crippen molar-refractivity contribution in [2.24, 2.45) is 0 Å². The Labute approximate surface area is 119 Å². The van der Waals surface area contributed by atoms with Crippen molar-refractivity contribution < 1.29 is 26.4 Å². The van der Waals surface area contributed by atoms with E-state index < -0.39 is 27.5 Å². The van der Waals surface area contributed by atoms with Crippen LogP contribution in [-0.4, -0.2) is 43.9 Å². The predicted octanol–water partition coefficient (Wildman–Crippen LogP) is 1.08. The lowest BCUT2D eigenvalue weighted by molar-refractivity contribution is -0.137. The van der Waals surface area contributed by atoms with Gasteiger partial charge in [-0.1, -0.05) is 0 Å². The Morgan fingerprint density at radius 3 is 2.10 bits per heavy atom. The van der Waals surface area contributed by atoms with E-state index in [2.05, 4.69) is 5.43 Å². The van der Waals surface area contributed by atoms with Crippen LogP contribution < -0.4 is 5.43 Å². The van der Waals surface area contributed by atoms with Crippen LogP contribution in [0.15, 0.2) is 24.3 Å². The van der Waals surface area contributed by atoms with Crippen LogP contribution in [-0.2, 0) is 16.0 Å². The second-order valence-corrected chi connectivity index (χ2v) is 6.96. The summed E-state index contributed by atoms with van der Waals surface area (Å²) in [6.45, 7) is 0.323. The molecule has 0 atom stereocenters. The van der Waals surface area contributed by atoms with Crippen molar-refractivity contribution in [2.75, 3.05) is 24.6 Å². The largest absolute Gasteiger partial charge is 0.416 e. The molecule has 1 aliphatic rings. The molecule has 2 rings (SSSR count). The van der Waals surface area contributed by atoms with E-state index in [1.807, 2.05) is 0 Å². The average Bonchev–Trinajstić information content (AvgIpc) is 2.40. The standard InChI is InChI=1S/C12H13F3N2O3S/c13-12(14,15)10-3-1-9(2-4-10)11(18)16-17-5-7-21(19,20)8-6-17/h1-4H,5-8H2,(H,16,18). The lowest BCUT2D eigenvalue weighted by Gasteiger charge is -2.26. The molecule has 1 aromatic rings. The first-order chi connectivity index (χ1) is 9.67. The normalized spacial score (nSPS) is 19.2. The molecular formula is C12H13F3N2O3S. The second kappa shape index (κ2) is 5.64. The molecule has 1 heterocycles. The van der Waals surface area contributed by atoms with Crippen molar-refractivity contribution in [2.45, 2.75) is 6.18 Å². The zero-order chi connectivity index (χ0) is 15.7. The lowest BCUT2D eigenvalue weighted by atomic mass is 10.1. The number of sulfone groups is 1. The maximum Gasteiger partial charge on any atom is 0.416 e. The number of halogens is 3. The van der Waals surface area contributed by atoms with E-state index in [1.165, 1.54) is 5.01 Å². The van der Waals surface area contributed by atoms with Crippen LogP contribution in [0.25, 0.3) is 0 Å². The molecule has 0 aromatic heterocycles. The Balaban J connectivity index is 1.98. The van der Waals surface area contributed by atoms with E-state index in [1.54, 1.807) is 0 Å². The second-order valence-electron chi connectivity index (χ2n) is 4.65. The molecule has 1 N–H and O–H groups in total. The van der Waals surface area contributed by atoms with Gasteiger partial charge in [0.25, 0.3) is 5.91 Å². The van der Waals surface area contributed by atoms with E-state index in [9.17, 15) is 26.4 Å². The first kappa shape index (κ1) is 15.8. The maximum absolute atomic E-state index is 12.4. The molecule has 0 saturated carbocycles. The van der Waals surface area contributed by atoms with Crippen LogP contribution in [0.3, 0.4) is 0 Å². The molecule has 1 fully saturated rings. The number of hydrogen-bond donors (Lipinski definition) is 1. The number of amides is 1. The number of nitrogens with one attached hydrogen (secondary N) is 1. The van der Waals surface area contributed by atoms with Gasteiger partial charge in [0.15, 0.2) is 9.84 Å². The first-order valence-corrected chi connectivity index (χ1v) is 7.93. The molecule has 116 valence electrons. The summed E-state index contributed by atoms with van der Waals surface area (Å²) < 4.78 is 59.7. The summed E-state index contributed by atoms with van der Waals surface area (Å²) in [5.74, 6) is -0.677. The third-order valence-electron chi connectivity index (χ3n) is 3.08. The third kappa shape index (κ3) is 4.18. The van der Waals surface area contributed by atoms with E-state index in [0.29, 0.717) is 0 Å². The summed E-state index contributed by atoms with van der Waals surface area (Å²) in [6.07, 6.45) is -4.45. The third-order valence-corrected chi connectivity index (χ3v) is 4.69. The van der Waals surface area contributed by atoms with Crippen LogP contribution in [0.1, 0.15) is 15.9 Å². The van der Waals surface area contributed by atoms with Gasteiger partial charge in [0.2, 0.25) is 0 Å². The molecule has 0 aliphatic carbocycles. The Morgan fingerprint density at radius 1 is 1.10 bits per heavy atom. The van der Waals surface area contributed by atoms with Crippen molar-refractivity contribution >= 4 is 15.7 Å². The molecule has 0 radical (unpaired) electrons.